The second-order valence-corrected chi connectivity index (χ2v) is 6.13. The third kappa shape index (κ3) is 6.13. The molecule has 4 atom stereocenters. The van der Waals surface area contributed by atoms with Gasteiger partial charge in [-0.2, -0.15) is 0 Å². The number of rotatable bonds is 7. The van der Waals surface area contributed by atoms with Crippen LogP contribution >= 0.6 is 12.4 Å². The summed E-state index contributed by atoms with van der Waals surface area (Å²) in [5, 5.41) is 3.12. The molecule has 1 rings (SSSR count). The van der Waals surface area contributed by atoms with Crippen molar-refractivity contribution in [3.05, 3.63) is 0 Å². The van der Waals surface area contributed by atoms with Crippen LogP contribution in [0.15, 0.2) is 0 Å². The molecule has 126 valence electrons. The lowest BCUT2D eigenvalue weighted by Crippen LogP contribution is -2.51. The largest absolute Gasteiger partial charge is 0.378 e. The van der Waals surface area contributed by atoms with E-state index in [1.165, 1.54) is 0 Å². The molecule has 1 aliphatic rings. The molecule has 1 saturated heterocycles. The number of hydrogen-bond acceptors (Lipinski definition) is 3. The third-order valence-electron chi connectivity index (χ3n) is 4.80. The van der Waals surface area contributed by atoms with Gasteiger partial charge in [0.25, 0.3) is 0 Å². The first-order valence-corrected chi connectivity index (χ1v) is 8.20. The van der Waals surface area contributed by atoms with Crippen molar-refractivity contribution in [2.75, 3.05) is 6.61 Å². The van der Waals surface area contributed by atoms with Crippen molar-refractivity contribution in [1.82, 2.24) is 5.32 Å². The smallest absolute Gasteiger partial charge is 0.237 e. The van der Waals surface area contributed by atoms with Gasteiger partial charge in [-0.25, -0.2) is 0 Å². The van der Waals surface area contributed by atoms with E-state index in [0.29, 0.717) is 5.92 Å². The monoisotopic (exact) mass is 320 g/mol. The zero-order valence-corrected chi connectivity index (χ0v) is 14.7. The van der Waals surface area contributed by atoms with Gasteiger partial charge in [0.2, 0.25) is 5.91 Å². The number of carbonyl (C=O) groups is 1. The van der Waals surface area contributed by atoms with Gasteiger partial charge in [-0.05, 0) is 24.7 Å². The van der Waals surface area contributed by atoms with Crippen molar-refractivity contribution in [1.29, 1.82) is 0 Å². The standard InChI is InChI=1S/C16H32N2O2.ClH/c1-5-11(4)15(17)16(19)18-13-8-9-20-14(10-13)12(6-2)7-3;/h11-15H,5-10,17H2,1-4H3,(H,18,19);1H. The lowest BCUT2D eigenvalue weighted by molar-refractivity contribution is -0.125. The molecule has 5 heteroatoms. The summed E-state index contributed by atoms with van der Waals surface area (Å²) in [5.41, 5.74) is 5.99. The zero-order chi connectivity index (χ0) is 15.1. The van der Waals surface area contributed by atoms with E-state index in [2.05, 4.69) is 26.1 Å². The van der Waals surface area contributed by atoms with Crippen molar-refractivity contribution in [2.24, 2.45) is 17.6 Å². The van der Waals surface area contributed by atoms with Gasteiger partial charge >= 0.3 is 0 Å². The Kier molecular flexibility index (Phi) is 10.3. The quantitative estimate of drug-likeness (QED) is 0.758. The summed E-state index contributed by atoms with van der Waals surface area (Å²) in [7, 11) is 0. The van der Waals surface area contributed by atoms with Crippen LogP contribution < -0.4 is 11.1 Å². The Balaban J connectivity index is 0.00000400. The van der Waals surface area contributed by atoms with E-state index in [1.54, 1.807) is 0 Å². The SMILES string of the molecule is CCC(C)C(N)C(=O)NC1CCOC(C(CC)CC)C1.Cl. The molecule has 4 nitrogen and oxygen atoms in total. The van der Waals surface area contributed by atoms with Crippen LogP contribution in [0.1, 0.15) is 59.8 Å². The van der Waals surface area contributed by atoms with Crippen molar-refractivity contribution in [3.8, 4) is 0 Å². The maximum Gasteiger partial charge on any atom is 0.237 e. The van der Waals surface area contributed by atoms with Crippen LogP contribution in [0.5, 0.6) is 0 Å². The topological polar surface area (TPSA) is 64.4 Å². The Bertz CT molecular complexity index is 298. The van der Waals surface area contributed by atoms with Gasteiger partial charge in [0.15, 0.2) is 0 Å². The number of nitrogens with one attached hydrogen (secondary N) is 1. The number of amides is 1. The van der Waals surface area contributed by atoms with E-state index in [1.807, 2.05) is 6.92 Å². The summed E-state index contributed by atoms with van der Waals surface area (Å²) in [6.45, 7) is 9.25. The van der Waals surface area contributed by atoms with Crippen molar-refractivity contribution in [2.45, 2.75) is 78.0 Å². The van der Waals surface area contributed by atoms with E-state index < -0.39 is 6.04 Å². The molecule has 0 bridgehead atoms. The second kappa shape index (κ2) is 10.4. The first kappa shape index (κ1) is 20.7. The number of ether oxygens (including phenoxy) is 1. The summed E-state index contributed by atoms with van der Waals surface area (Å²) in [6, 6.07) is -0.175. The van der Waals surface area contributed by atoms with Gasteiger partial charge in [-0.1, -0.05) is 47.0 Å². The van der Waals surface area contributed by atoms with Gasteiger partial charge in [-0.3, -0.25) is 4.79 Å². The molecule has 1 heterocycles. The molecule has 1 aliphatic heterocycles. The summed E-state index contributed by atoms with van der Waals surface area (Å²) in [5.74, 6) is 0.817. The molecule has 1 amide bonds. The van der Waals surface area contributed by atoms with Crippen molar-refractivity contribution >= 4 is 18.3 Å². The van der Waals surface area contributed by atoms with Crippen LogP contribution in [-0.4, -0.2) is 30.7 Å². The van der Waals surface area contributed by atoms with Crippen molar-refractivity contribution < 1.29 is 9.53 Å². The fourth-order valence-corrected chi connectivity index (χ4v) is 2.91. The molecule has 0 saturated carbocycles. The van der Waals surface area contributed by atoms with Gasteiger partial charge in [0.1, 0.15) is 0 Å². The maximum atomic E-state index is 12.2. The predicted octanol–water partition coefficient (Wildman–Crippen LogP) is 2.88. The molecule has 0 aromatic carbocycles. The lowest BCUT2D eigenvalue weighted by atomic mass is 9.89. The van der Waals surface area contributed by atoms with Crippen LogP contribution in [-0.2, 0) is 9.53 Å². The second-order valence-electron chi connectivity index (χ2n) is 6.13. The summed E-state index contributed by atoms with van der Waals surface area (Å²) < 4.78 is 5.88. The Morgan fingerprint density at radius 2 is 1.90 bits per heavy atom. The van der Waals surface area contributed by atoms with Crippen molar-refractivity contribution in [3.63, 3.8) is 0 Å². The molecular weight excluding hydrogens is 288 g/mol. The normalized spacial score (nSPS) is 25.0. The van der Waals surface area contributed by atoms with Crippen LogP contribution in [0.4, 0.5) is 0 Å². The lowest BCUT2D eigenvalue weighted by Gasteiger charge is -2.35. The first-order valence-electron chi connectivity index (χ1n) is 8.20. The first-order chi connectivity index (χ1) is 9.53. The van der Waals surface area contributed by atoms with E-state index in [9.17, 15) is 4.79 Å². The van der Waals surface area contributed by atoms with Gasteiger partial charge in [0.05, 0.1) is 12.1 Å². The molecule has 0 aromatic heterocycles. The number of halogens is 1. The van der Waals surface area contributed by atoms with Gasteiger partial charge in [-0.15, -0.1) is 12.4 Å². The Morgan fingerprint density at radius 3 is 2.43 bits per heavy atom. The molecule has 0 spiro atoms. The summed E-state index contributed by atoms with van der Waals surface area (Å²) in [4.78, 5) is 12.2. The zero-order valence-electron chi connectivity index (χ0n) is 13.9. The number of hydrogen-bond donors (Lipinski definition) is 2. The Morgan fingerprint density at radius 1 is 1.29 bits per heavy atom. The van der Waals surface area contributed by atoms with Crippen LogP contribution in [0, 0.1) is 11.8 Å². The molecule has 0 aromatic rings. The van der Waals surface area contributed by atoms with E-state index >= 15 is 0 Å². The Labute approximate surface area is 136 Å². The summed E-state index contributed by atoms with van der Waals surface area (Å²) >= 11 is 0. The minimum Gasteiger partial charge on any atom is -0.378 e. The summed E-state index contributed by atoms with van der Waals surface area (Å²) in [6.07, 6.45) is 5.30. The molecule has 0 radical (unpaired) electrons. The third-order valence-corrected chi connectivity index (χ3v) is 4.80. The van der Waals surface area contributed by atoms with Crippen LogP contribution in [0.3, 0.4) is 0 Å². The molecular formula is C16H33ClN2O2. The molecule has 1 fully saturated rings. The van der Waals surface area contributed by atoms with E-state index in [-0.39, 0.29) is 36.4 Å². The Hall–Kier alpha value is -0.320. The fourth-order valence-electron chi connectivity index (χ4n) is 2.91. The predicted molar refractivity (Wildman–Crippen MR) is 89.7 cm³/mol. The van der Waals surface area contributed by atoms with Crippen LogP contribution in [0.25, 0.3) is 0 Å². The highest BCUT2D eigenvalue weighted by atomic mass is 35.5. The number of nitrogens with two attached hydrogens (primary N) is 1. The van der Waals surface area contributed by atoms with Crippen LogP contribution in [0.2, 0.25) is 0 Å². The van der Waals surface area contributed by atoms with E-state index in [0.717, 1.165) is 38.7 Å². The van der Waals surface area contributed by atoms with Gasteiger partial charge < -0.3 is 15.8 Å². The van der Waals surface area contributed by atoms with E-state index in [4.69, 9.17) is 10.5 Å². The maximum absolute atomic E-state index is 12.2. The van der Waals surface area contributed by atoms with Gasteiger partial charge in [0, 0.05) is 12.6 Å². The number of carbonyl (C=O) groups excluding carboxylic acids is 1. The average Bonchev–Trinajstić information content (AvgIpc) is 2.47. The average molecular weight is 321 g/mol. The molecule has 21 heavy (non-hydrogen) atoms. The fraction of sp³-hybridized carbons (Fsp3) is 0.938. The molecule has 4 unspecified atom stereocenters. The highest BCUT2D eigenvalue weighted by Gasteiger charge is 2.30. The minimum absolute atomic E-state index is 0. The minimum atomic E-state index is -0.394. The highest BCUT2D eigenvalue weighted by molar-refractivity contribution is 5.85. The highest BCUT2D eigenvalue weighted by Crippen LogP contribution is 2.25. The molecule has 0 aliphatic carbocycles. The molecule has 3 N–H and O–H groups in total.